The molecule has 2 N–H and O–H groups in total. The molecular weight excluding hydrogens is 384 g/mol. The summed E-state index contributed by atoms with van der Waals surface area (Å²) in [6.45, 7) is 4.15. The second-order valence-electron chi connectivity index (χ2n) is 7.31. The number of carbonyl (C=O) groups excluding carboxylic acids is 1. The number of esters is 1. The molecule has 160 valence electrons. The van der Waals surface area contributed by atoms with Gasteiger partial charge in [0.2, 0.25) is 0 Å². The molecule has 1 heterocycles. The van der Waals surface area contributed by atoms with Gasteiger partial charge < -0.3 is 24.4 Å². The first-order valence-electron chi connectivity index (χ1n) is 10.4. The number of hydrogen-bond acceptors (Lipinski definition) is 6. The summed E-state index contributed by atoms with van der Waals surface area (Å²) < 4.78 is 16.9. The van der Waals surface area contributed by atoms with E-state index >= 15 is 0 Å². The van der Waals surface area contributed by atoms with Crippen LogP contribution >= 0.6 is 0 Å². The van der Waals surface area contributed by atoms with Crippen molar-refractivity contribution in [3.05, 3.63) is 47.0 Å². The molecule has 0 atom stereocenters. The van der Waals surface area contributed by atoms with E-state index in [9.17, 15) is 15.0 Å². The molecule has 3 rings (SSSR count). The van der Waals surface area contributed by atoms with Crippen molar-refractivity contribution in [3.63, 3.8) is 0 Å². The monoisotopic (exact) mass is 412 g/mol. The third-order valence-corrected chi connectivity index (χ3v) is 4.99. The largest absolute Gasteiger partial charge is 0.508 e. The Morgan fingerprint density at radius 3 is 2.57 bits per heavy atom. The first-order chi connectivity index (χ1) is 14.5. The quantitative estimate of drug-likeness (QED) is 0.391. The van der Waals surface area contributed by atoms with Gasteiger partial charge in [0.25, 0.3) is 0 Å². The van der Waals surface area contributed by atoms with Crippen molar-refractivity contribution in [3.8, 4) is 28.7 Å². The van der Waals surface area contributed by atoms with Crippen molar-refractivity contribution in [2.75, 3.05) is 7.11 Å². The molecular formula is C24H28O6. The van der Waals surface area contributed by atoms with Gasteiger partial charge in [0.15, 0.2) is 11.5 Å². The zero-order chi connectivity index (χ0) is 21.7. The van der Waals surface area contributed by atoms with Gasteiger partial charge in [-0.15, -0.1) is 0 Å². The fourth-order valence-corrected chi connectivity index (χ4v) is 3.46. The SMILES string of the molecule is CCCC=C1OC(=O)c2c(Oc3c(O)cc(O)cc3CCCCC)cc(OC)cc21. The highest BCUT2D eigenvalue weighted by atomic mass is 16.5. The maximum Gasteiger partial charge on any atom is 0.348 e. The van der Waals surface area contributed by atoms with Crippen molar-refractivity contribution >= 4 is 11.7 Å². The van der Waals surface area contributed by atoms with E-state index in [1.165, 1.54) is 13.2 Å². The Bertz CT molecular complexity index is 961. The molecule has 0 unspecified atom stereocenters. The number of carbonyl (C=O) groups is 1. The molecule has 0 bridgehead atoms. The zero-order valence-electron chi connectivity index (χ0n) is 17.7. The van der Waals surface area contributed by atoms with Crippen LogP contribution in [0.15, 0.2) is 30.3 Å². The number of fused-ring (bicyclic) bond motifs is 1. The molecule has 0 saturated carbocycles. The number of benzene rings is 2. The number of allylic oxidation sites excluding steroid dienone is 1. The summed E-state index contributed by atoms with van der Waals surface area (Å²) in [5, 5.41) is 20.4. The summed E-state index contributed by atoms with van der Waals surface area (Å²) in [6, 6.07) is 6.15. The second kappa shape index (κ2) is 9.57. The Balaban J connectivity index is 2.06. The molecule has 0 fully saturated rings. The highest BCUT2D eigenvalue weighted by molar-refractivity contribution is 6.05. The van der Waals surface area contributed by atoms with Crippen LogP contribution in [0.4, 0.5) is 0 Å². The maximum atomic E-state index is 12.6. The molecule has 0 aromatic heterocycles. The lowest BCUT2D eigenvalue weighted by Crippen LogP contribution is -2.01. The number of unbranched alkanes of at least 4 members (excludes halogenated alkanes) is 3. The number of aromatic hydroxyl groups is 2. The van der Waals surface area contributed by atoms with E-state index in [2.05, 4.69) is 6.92 Å². The number of cyclic esters (lactones) is 1. The Morgan fingerprint density at radius 2 is 1.87 bits per heavy atom. The molecule has 0 saturated heterocycles. The predicted molar refractivity (Wildman–Crippen MR) is 114 cm³/mol. The molecule has 1 aliphatic heterocycles. The van der Waals surface area contributed by atoms with Crippen LogP contribution in [0, 0.1) is 0 Å². The summed E-state index contributed by atoms with van der Waals surface area (Å²) in [5.41, 5.74) is 1.57. The fourth-order valence-electron chi connectivity index (χ4n) is 3.46. The number of phenols is 2. The minimum atomic E-state index is -0.504. The summed E-state index contributed by atoms with van der Waals surface area (Å²) >= 11 is 0. The van der Waals surface area contributed by atoms with Gasteiger partial charge in [0.1, 0.15) is 28.6 Å². The van der Waals surface area contributed by atoms with Gasteiger partial charge >= 0.3 is 5.97 Å². The second-order valence-corrected chi connectivity index (χ2v) is 7.31. The topological polar surface area (TPSA) is 85.2 Å². The Morgan fingerprint density at radius 1 is 1.07 bits per heavy atom. The van der Waals surface area contributed by atoms with Gasteiger partial charge in [-0.3, -0.25) is 0 Å². The van der Waals surface area contributed by atoms with E-state index in [-0.39, 0.29) is 23.0 Å². The lowest BCUT2D eigenvalue weighted by molar-refractivity contribution is 0.0713. The average molecular weight is 412 g/mol. The van der Waals surface area contributed by atoms with E-state index in [0.717, 1.165) is 32.1 Å². The standard InChI is InChI=1S/C24H28O6/c1-4-6-8-9-15-11-16(25)12-19(26)23(15)29-21-14-17(28-3)13-18-20(10-7-5-2)30-24(27)22(18)21/h10-14,25-26H,4-9H2,1-3H3. The van der Waals surface area contributed by atoms with Crippen LogP contribution in [0.1, 0.15) is 67.4 Å². The van der Waals surface area contributed by atoms with Crippen molar-refractivity contribution in [1.82, 2.24) is 0 Å². The summed E-state index contributed by atoms with van der Waals surface area (Å²) in [6.07, 6.45) is 7.15. The first-order valence-corrected chi connectivity index (χ1v) is 10.4. The van der Waals surface area contributed by atoms with Gasteiger partial charge in [0.05, 0.1) is 7.11 Å². The molecule has 2 aromatic rings. The summed E-state index contributed by atoms with van der Waals surface area (Å²) in [7, 11) is 1.53. The third kappa shape index (κ3) is 4.53. The lowest BCUT2D eigenvalue weighted by Gasteiger charge is -2.15. The first kappa shape index (κ1) is 21.6. The van der Waals surface area contributed by atoms with Crippen LogP contribution in [-0.2, 0) is 11.2 Å². The van der Waals surface area contributed by atoms with Crippen LogP contribution in [0.25, 0.3) is 5.76 Å². The van der Waals surface area contributed by atoms with Crippen molar-refractivity contribution < 1.29 is 29.2 Å². The molecule has 0 aliphatic carbocycles. The van der Waals surface area contributed by atoms with E-state index in [1.54, 1.807) is 18.2 Å². The van der Waals surface area contributed by atoms with Crippen LogP contribution in [0.5, 0.6) is 28.7 Å². The molecule has 2 aromatic carbocycles. The number of methoxy groups -OCH3 is 1. The molecule has 6 nitrogen and oxygen atoms in total. The molecule has 6 heteroatoms. The molecule has 0 spiro atoms. The van der Waals surface area contributed by atoms with Gasteiger partial charge in [-0.2, -0.15) is 0 Å². The molecule has 0 radical (unpaired) electrons. The lowest BCUT2D eigenvalue weighted by atomic mass is 10.0. The third-order valence-electron chi connectivity index (χ3n) is 4.99. The number of ether oxygens (including phenoxy) is 3. The van der Waals surface area contributed by atoms with Crippen molar-refractivity contribution in [2.24, 2.45) is 0 Å². The Hall–Kier alpha value is -3.15. The highest BCUT2D eigenvalue weighted by Gasteiger charge is 2.32. The van der Waals surface area contributed by atoms with Crippen LogP contribution in [0.3, 0.4) is 0 Å². The smallest absolute Gasteiger partial charge is 0.348 e. The number of hydrogen-bond donors (Lipinski definition) is 2. The average Bonchev–Trinajstić information content (AvgIpc) is 3.04. The minimum Gasteiger partial charge on any atom is -0.508 e. The molecule has 30 heavy (non-hydrogen) atoms. The van der Waals surface area contributed by atoms with E-state index in [4.69, 9.17) is 14.2 Å². The number of aryl methyl sites for hydroxylation is 1. The van der Waals surface area contributed by atoms with E-state index < -0.39 is 5.97 Å². The number of rotatable bonds is 9. The maximum absolute atomic E-state index is 12.6. The van der Waals surface area contributed by atoms with Crippen LogP contribution < -0.4 is 9.47 Å². The van der Waals surface area contributed by atoms with Gasteiger partial charge in [-0.05, 0) is 37.5 Å². The summed E-state index contributed by atoms with van der Waals surface area (Å²) in [4.78, 5) is 12.6. The molecule has 1 aliphatic rings. The van der Waals surface area contributed by atoms with Crippen LogP contribution in [0.2, 0.25) is 0 Å². The zero-order valence-corrected chi connectivity index (χ0v) is 17.7. The normalized spacial score (nSPS) is 14.0. The summed E-state index contributed by atoms with van der Waals surface area (Å²) in [5.74, 6) is 0.729. The van der Waals surface area contributed by atoms with Gasteiger partial charge in [0, 0.05) is 23.3 Å². The Labute approximate surface area is 176 Å². The van der Waals surface area contributed by atoms with Crippen LogP contribution in [-0.4, -0.2) is 23.3 Å². The molecule has 0 amide bonds. The predicted octanol–water partition coefficient (Wildman–Crippen LogP) is 5.94. The van der Waals surface area contributed by atoms with E-state index in [0.29, 0.717) is 34.6 Å². The van der Waals surface area contributed by atoms with Gasteiger partial charge in [-0.1, -0.05) is 33.1 Å². The minimum absolute atomic E-state index is 0.0357. The Kier molecular flexibility index (Phi) is 6.87. The van der Waals surface area contributed by atoms with Gasteiger partial charge in [-0.25, -0.2) is 4.79 Å². The fraction of sp³-hybridized carbons (Fsp3) is 0.375. The van der Waals surface area contributed by atoms with E-state index in [1.807, 2.05) is 13.0 Å². The van der Waals surface area contributed by atoms with Crippen molar-refractivity contribution in [2.45, 2.75) is 52.4 Å². The highest BCUT2D eigenvalue weighted by Crippen LogP contribution is 2.44. The number of phenolic OH excluding ortho intramolecular Hbond substituents is 2. The van der Waals surface area contributed by atoms with Crippen molar-refractivity contribution in [1.29, 1.82) is 0 Å².